The maximum Gasteiger partial charge on any atom is 0.258 e. The summed E-state index contributed by atoms with van der Waals surface area (Å²) in [6.45, 7) is 6.44. The Morgan fingerprint density at radius 3 is 2.56 bits per heavy atom. The van der Waals surface area contributed by atoms with Crippen LogP contribution in [-0.4, -0.2) is 29.6 Å². The molecule has 0 radical (unpaired) electrons. The van der Waals surface area contributed by atoms with Gasteiger partial charge in [0.1, 0.15) is 23.6 Å². The highest BCUT2D eigenvalue weighted by molar-refractivity contribution is 7.90. The first-order valence-corrected chi connectivity index (χ1v) is 12.4. The third kappa shape index (κ3) is 4.95. The maximum atomic E-state index is 14.1. The fourth-order valence-electron chi connectivity index (χ4n) is 4.03. The van der Waals surface area contributed by atoms with Crippen molar-refractivity contribution in [2.24, 2.45) is 5.41 Å². The third-order valence-electron chi connectivity index (χ3n) is 5.67. The summed E-state index contributed by atoms with van der Waals surface area (Å²) in [5.74, 6) is -0.605. The van der Waals surface area contributed by atoms with E-state index in [1.54, 1.807) is 29.0 Å². The smallest absolute Gasteiger partial charge is 0.258 e. The quantitative estimate of drug-likeness (QED) is 0.496. The van der Waals surface area contributed by atoms with Crippen LogP contribution in [-0.2, 0) is 16.6 Å². The summed E-state index contributed by atoms with van der Waals surface area (Å²) in [4.78, 5) is 3.84. The molecule has 1 saturated carbocycles. The molecule has 34 heavy (non-hydrogen) atoms. The van der Waals surface area contributed by atoms with Crippen molar-refractivity contribution in [3.05, 3.63) is 53.7 Å². The van der Waals surface area contributed by atoms with E-state index in [0.29, 0.717) is 35.9 Å². The van der Waals surface area contributed by atoms with Crippen LogP contribution >= 0.6 is 0 Å². The Morgan fingerprint density at radius 2 is 1.97 bits per heavy atom. The fourth-order valence-corrected chi connectivity index (χ4v) is 5.56. The van der Waals surface area contributed by atoms with E-state index in [1.165, 1.54) is 6.07 Å². The molecule has 0 aliphatic heterocycles. The minimum atomic E-state index is -3.86. The van der Waals surface area contributed by atoms with Crippen LogP contribution in [0.2, 0.25) is 0 Å². The Hall–Kier alpha value is -2.90. The largest absolute Gasteiger partial charge is 0.347 e. The van der Waals surface area contributed by atoms with Crippen molar-refractivity contribution in [2.75, 3.05) is 0 Å². The number of nitriles is 1. The Kier molecular flexibility index (Phi) is 6.21. The number of nitrogens with zero attached hydrogens (tertiary/aromatic N) is 3. The SMILES string of the molecule is CC(C)(C)Cn1cc([C@H](NS(=O)(=O)C2CC2)C(F)F)c2ccc(-c3cc(F)cnc3C#N)cc21. The van der Waals surface area contributed by atoms with Crippen LogP contribution in [0.4, 0.5) is 13.2 Å². The number of rotatable bonds is 7. The van der Waals surface area contributed by atoms with Gasteiger partial charge in [-0.05, 0) is 36.0 Å². The van der Waals surface area contributed by atoms with Gasteiger partial charge >= 0.3 is 0 Å². The topological polar surface area (TPSA) is 87.8 Å². The van der Waals surface area contributed by atoms with Crippen LogP contribution in [0, 0.1) is 22.6 Å². The molecular weight excluding hydrogens is 465 g/mol. The second kappa shape index (κ2) is 8.71. The van der Waals surface area contributed by atoms with Gasteiger partial charge in [0.15, 0.2) is 0 Å². The molecule has 1 fully saturated rings. The molecule has 0 unspecified atom stereocenters. The zero-order valence-electron chi connectivity index (χ0n) is 19.0. The van der Waals surface area contributed by atoms with Gasteiger partial charge in [-0.2, -0.15) is 5.26 Å². The van der Waals surface area contributed by atoms with Gasteiger partial charge in [-0.3, -0.25) is 0 Å². The highest BCUT2D eigenvalue weighted by Crippen LogP contribution is 2.37. The number of hydrogen-bond donors (Lipinski definition) is 1. The summed E-state index contributed by atoms with van der Waals surface area (Å²) in [5, 5.41) is 9.23. The average Bonchev–Trinajstić information content (AvgIpc) is 3.56. The molecule has 1 aliphatic carbocycles. The number of nitrogens with one attached hydrogen (secondary N) is 1. The predicted molar refractivity (Wildman–Crippen MR) is 123 cm³/mol. The van der Waals surface area contributed by atoms with Crippen LogP contribution in [0.1, 0.15) is 50.9 Å². The molecule has 6 nitrogen and oxygen atoms in total. The Bertz CT molecular complexity index is 1380. The lowest BCUT2D eigenvalue weighted by Crippen LogP contribution is -2.35. The van der Waals surface area contributed by atoms with Crippen LogP contribution in [0.5, 0.6) is 0 Å². The van der Waals surface area contributed by atoms with Gasteiger partial charge in [0.05, 0.1) is 11.4 Å². The van der Waals surface area contributed by atoms with Gasteiger partial charge in [0.25, 0.3) is 6.43 Å². The molecule has 0 spiro atoms. The second-order valence-electron chi connectivity index (χ2n) is 9.84. The van der Waals surface area contributed by atoms with Crippen molar-refractivity contribution in [1.82, 2.24) is 14.3 Å². The minimum absolute atomic E-state index is 0.0394. The fraction of sp³-hybridized carbons (Fsp3) is 0.417. The molecule has 10 heteroatoms. The van der Waals surface area contributed by atoms with Crippen molar-refractivity contribution in [3.63, 3.8) is 0 Å². The van der Waals surface area contributed by atoms with Gasteiger partial charge in [-0.1, -0.05) is 32.9 Å². The summed E-state index contributed by atoms with van der Waals surface area (Å²) >= 11 is 0. The van der Waals surface area contributed by atoms with E-state index in [2.05, 4.69) is 9.71 Å². The van der Waals surface area contributed by atoms with Gasteiger partial charge in [0.2, 0.25) is 10.0 Å². The monoisotopic (exact) mass is 490 g/mol. The Morgan fingerprint density at radius 1 is 1.26 bits per heavy atom. The van der Waals surface area contributed by atoms with Crippen molar-refractivity contribution in [1.29, 1.82) is 5.26 Å². The molecule has 1 N–H and O–H groups in total. The number of alkyl halides is 2. The molecule has 1 aliphatic rings. The molecule has 0 bridgehead atoms. The van der Waals surface area contributed by atoms with Crippen LogP contribution in [0.25, 0.3) is 22.0 Å². The number of hydrogen-bond acceptors (Lipinski definition) is 4. The highest BCUT2D eigenvalue weighted by Gasteiger charge is 2.40. The summed E-state index contributed by atoms with van der Waals surface area (Å²) in [6.07, 6.45) is 0.480. The second-order valence-corrected chi connectivity index (χ2v) is 11.8. The lowest BCUT2D eigenvalue weighted by Gasteiger charge is -2.20. The summed E-state index contributed by atoms with van der Waals surface area (Å²) in [7, 11) is -3.86. The summed E-state index contributed by atoms with van der Waals surface area (Å²) in [5.41, 5.74) is 1.36. The van der Waals surface area contributed by atoms with Gasteiger partial charge in [-0.15, -0.1) is 0 Å². The van der Waals surface area contributed by atoms with E-state index in [-0.39, 0.29) is 22.2 Å². The van der Waals surface area contributed by atoms with E-state index in [4.69, 9.17) is 0 Å². The molecule has 4 rings (SSSR count). The first kappa shape index (κ1) is 24.2. The predicted octanol–water partition coefficient (Wildman–Crippen LogP) is 5.15. The zero-order chi connectivity index (χ0) is 24.8. The Balaban J connectivity index is 1.89. The van der Waals surface area contributed by atoms with Crippen LogP contribution < -0.4 is 4.72 Å². The molecule has 1 atom stereocenters. The highest BCUT2D eigenvalue weighted by atomic mass is 32.2. The number of benzene rings is 1. The molecule has 1 aromatic carbocycles. The molecule has 2 aromatic heterocycles. The van der Waals surface area contributed by atoms with Crippen molar-refractivity contribution < 1.29 is 21.6 Å². The Labute approximate surface area is 196 Å². The van der Waals surface area contributed by atoms with Crippen molar-refractivity contribution in [2.45, 2.75) is 57.9 Å². The first-order chi connectivity index (χ1) is 15.9. The van der Waals surface area contributed by atoms with E-state index in [0.717, 1.165) is 6.20 Å². The van der Waals surface area contributed by atoms with E-state index in [9.17, 15) is 26.9 Å². The normalized spacial score (nSPS) is 15.6. The van der Waals surface area contributed by atoms with Gasteiger partial charge < -0.3 is 4.57 Å². The molecule has 0 amide bonds. The molecular formula is C24H25F3N4O2S. The van der Waals surface area contributed by atoms with Crippen LogP contribution in [0.15, 0.2) is 36.7 Å². The zero-order valence-corrected chi connectivity index (χ0v) is 19.8. The average molecular weight is 491 g/mol. The van der Waals surface area contributed by atoms with E-state index >= 15 is 0 Å². The summed E-state index contributed by atoms with van der Waals surface area (Å²) in [6, 6.07) is 6.34. The minimum Gasteiger partial charge on any atom is -0.347 e. The van der Waals surface area contributed by atoms with E-state index < -0.39 is 33.6 Å². The number of fused-ring (bicyclic) bond motifs is 1. The number of halogens is 3. The number of pyridine rings is 1. The van der Waals surface area contributed by atoms with E-state index in [1.807, 2.05) is 26.8 Å². The molecule has 0 saturated heterocycles. The molecule has 180 valence electrons. The van der Waals surface area contributed by atoms with Crippen LogP contribution in [0.3, 0.4) is 0 Å². The van der Waals surface area contributed by atoms with Crippen molar-refractivity contribution in [3.8, 4) is 17.2 Å². The molecule has 3 aromatic rings. The standard InChI is InChI=1S/C24H25F3N4O2S/c1-24(2,3)13-31-12-19(22(23(26)27)30-34(32,33)16-5-6-16)17-7-4-14(8-21(17)31)18-9-15(25)11-29-20(18)10-28/h4,7-9,11-12,16,22-23,30H,5-6,13H2,1-3H3/t22-/m0/s1. The number of sulfonamides is 1. The van der Waals surface area contributed by atoms with Gasteiger partial charge in [0, 0.05) is 34.8 Å². The third-order valence-corrected chi connectivity index (χ3v) is 7.60. The lowest BCUT2D eigenvalue weighted by molar-refractivity contribution is 0.109. The van der Waals surface area contributed by atoms with Crippen molar-refractivity contribution >= 4 is 20.9 Å². The lowest BCUT2D eigenvalue weighted by atomic mass is 9.96. The summed E-state index contributed by atoms with van der Waals surface area (Å²) < 4.78 is 71.1. The number of aromatic nitrogens is 2. The maximum absolute atomic E-state index is 14.1. The van der Waals surface area contributed by atoms with Gasteiger partial charge in [-0.25, -0.2) is 31.3 Å². The first-order valence-electron chi connectivity index (χ1n) is 10.9. The molecule has 2 heterocycles.